The van der Waals surface area contributed by atoms with E-state index in [1.807, 2.05) is 42.5 Å². The quantitative estimate of drug-likeness (QED) is 0.724. The van der Waals surface area contributed by atoms with Crippen LogP contribution in [0.15, 0.2) is 60.7 Å². The molecule has 0 bridgehead atoms. The van der Waals surface area contributed by atoms with E-state index >= 15 is 0 Å². The number of morpholine rings is 1. The van der Waals surface area contributed by atoms with Crippen LogP contribution in [0.3, 0.4) is 0 Å². The lowest BCUT2D eigenvalue weighted by Gasteiger charge is -2.26. The molecule has 0 saturated carbocycles. The normalized spacial score (nSPS) is 14.0. The van der Waals surface area contributed by atoms with Crippen LogP contribution in [0.2, 0.25) is 5.02 Å². The van der Waals surface area contributed by atoms with Crippen molar-refractivity contribution in [2.75, 3.05) is 31.6 Å². The van der Waals surface area contributed by atoms with Gasteiger partial charge in [-0.1, -0.05) is 41.9 Å². The number of halogens is 1. The Labute approximate surface area is 168 Å². The fraction of sp³-hybridized carbons (Fsp3) is 0.190. The third-order valence-electron chi connectivity index (χ3n) is 4.39. The maximum atomic E-state index is 13.0. The van der Waals surface area contributed by atoms with Crippen LogP contribution in [-0.2, 0) is 4.74 Å². The van der Waals surface area contributed by atoms with Crippen LogP contribution in [0.1, 0.15) is 10.5 Å². The van der Waals surface area contributed by atoms with E-state index in [-0.39, 0.29) is 5.91 Å². The minimum Gasteiger partial charge on any atom is -0.378 e. The molecule has 0 radical (unpaired) electrons. The lowest BCUT2D eigenvalue weighted by atomic mass is 10.2. The minimum atomic E-state index is -0.123. The van der Waals surface area contributed by atoms with Crippen molar-refractivity contribution in [3.05, 3.63) is 71.4 Å². The van der Waals surface area contributed by atoms with Gasteiger partial charge in [0.05, 0.1) is 13.2 Å². The maximum Gasteiger partial charge on any atom is 0.272 e. The molecule has 0 unspecified atom stereocenters. The van der Waals surface area contributed by atoms with Gasteiger partial charge in [-0.25, -0.2) is 9.97 Å². The van der Waals surface area contributed by atoms with Crippen LogP contribution in [0, 0.1) is 0 Å². The Balaban J connectivity index is 1.70. The Morgan fingerprint density at radius 1 is 1.00 bits per heavy atom. The standard InChI is InChI=1S/C21H19ClN4O2/c22-16-6-8-17(9-7-16)23-19-14-18(21(27)26-10-12-28-13-11-26)24-20(25-19)15-4-2-1-3-5-15/h1-9,14H,10-13H2,(H,23,24,25). The summed E-state index contributed by atoms with van der Waals surface area (Å²) in [7, 11) is 0. The third-order valence-corrected chi connectivity index (χ3v) is 4.64. The summed E-state index contributed by atoms with van der Waals surface area (Å²) in [5, 5.41) is 3.89. The van der Waals surface area contributed by atoms with Gasteiger partial charge in [-0.3, -0.25) is 4.79 Å². The predicted molar refractivity (Wildman–Crippen MR) is 109 cm³/mol. The summed E-state index contributed by atoms with van der Waals surface area (Å²) in [4.78, 5) is 23.9. The van der Waals surface area contributed by atoms with Crippen LogP contribution in [0.5, 0.6) is 0 Å². The van der Waals surface area contributed by atoms with E-state index in [1.54, 1.807) is 23.1 Å². The molecule has 1 aromatic heterocycles. The first kappa shape index (κ1) is 18.4. The molecule has 1 aliphatic rings. The summed E-state index contributed by atoms with van der Waals surface area (Å²) in [6.07, 6.45) is 0. The van der Waals surface area contributed by atoms with Gasteiger partial charge in [0.2, 0.25) is 0 Å². The second-order valence-corrected chi connectivity index (χ2v) is 6.80. The molecule has 0 atom stereocenters. The molecule has 1 amide bonds. The molecule has 2 heterocycles. The number of ether oxygens (including phenoxy) is 1. The lowest BCUT2D eigenvalue weighted by Crippen LogP contribution is -2.41. The average Bonchev–Trinajstić information content (AvgIpc) is 2.76. The fourth-order valence-electron chi connectivity index (χ4n) is 2.95. The number of nitrogens with zero attached hydrogens (tertiary/aromatic N) is 3. The molecule has 1 fully saturated rings. The lowest BCUT2D eigenvalue weighted by molar-refractivity contribution is 0.0299. The van der Waals surface area contributed by atoms with Gasteiger partial charge < -0.3 is 15.0 Å². The second-order valence-electron chi connectivity index (χ2n) is 6.36. The summed E-state index contributed by atoms with van der Waals surface area (Å²) >= 11 is 5.96. The molecule has 2 aromatic carbocycles. The Kier molecular flexibility index (Phi) is 5.50. The summed E-state index contributed by atoms with van der Waals surface area (Å²) in [6, 6.07) is 18.6. The Morgan fingerprint density at radius 3 is 2.43 bits per heavy atom. The molecule has 0 spiro atoms. The zero-order chi connectivity index (χ0) is 19.3. The molecule has 142 valence electrons. The third kappa shape index (κ3) is 4.30. The zero-order valence-corrected chi connectivity index (χ0v) is 15.9. The number of carbonyl (C=O) groups is 1. The highest BCUT2D eigenvalue weighted by molar-refractivity contribution is 6.30. The highest BCUT2D eigenvalue weighted by atomic mass is 35.5. The number of hydrogen-bond donors (Lipinski definition) is 1. The average molecular weight is 395 g/mol. The van der Waals surface area contributed by atoms with E-state index in [4.69, 9.17) is 16.3 Å². The summed E-state index contributed by atoms with van der Waals surface area (Å²) in [6.45, 7) is 2.20. The zero-order valence-electron chi connectivity index (χ0n) is 15.1. The van der Waals surface area contributed by atoms with E-state index in [2.05, 4.69) is 15.3 Å². The monoisotopic (exact) mass is 394 g/mol. The van der Waals surface area contributed by atoms with Crippen molar-refractivity contribution >= 4 is 29.0 Å². The molecule has 6 nitrogen and oxygen atoms in total. The van der Waals surface area contributed by atoms with Gasteiger partial charge in [0.25, 0.3) is 5.91 Å². The largest absolute Gasteiger partial charge is 0.378 e. The van der Waals surface area contributed by atoms with Crippen LogP contribution >= 0.6 is 11.6 Å². The number of amides is 1. The molecular formula is C21H19ClN4O2. The highest BCUT2D eigenvalue weighted by Gasteiger charge is 2.21. The Morgan fingerprint density at radius 2 is 1.71 bits per heavy atom. The number of carbonyl (C=O) groups excluding carboxylic acids is 1. The van der Waals surface area contributed by atoms with Crippen LogP contribution < -0.4 is 5.32 Å². The SMILES string of the molecule is O=C(c1cc(Nc2ccc(Cl)cc2)nc(-c2ccccc2)n1)N1CCOCC1. The Bertz CT molecular complexity index is 958. The predicted octanol–water partition coefficient (Wildman–Crippen LogP) is 4.01. The van der Waals surface area contributed by atoms with E-state index in [9.17, 15) is 4.79 Å². The van der Waals surface area contributed by atoms with Crippen molar-refractivity contribution in [2.24, 2.45) is 0 Å². The van der Waals surface area contributed by atoms with Crippen molar-refractivity contribution in [3.63, 3.8) is 0 Å². The molecule has 3 aromatic rings. The van der Waals surface area contributed by atoms with E-state index in [0.29, 0.717) is 48.7 Å². The molecular weight excluding hydrogens is 376 g/mol. The number of benzene rings is 2. The molecule has 7 heteroatoms. The number of anilines is 2. The minimum absolute atomic E-state index is 0.123. The second kappa shape index (κ2) is 8.37. The summed E-state index contributed by atoms with van der Waals surface area (Å²) in [5.74, 6) is 0.922. The molecule has 4 rings (SSSR count). The van der Waals surface area contributed by atoms with Crippen molar-refractivity contribution in [1.82, 2.24) is 14.9 Å². The van der Waals surface area contributed by atoms with Gasteiger partial charge in [0, 0.05) is 35.4 Å². The number of aromatic nitrogens is 2. The van der Waals surface area contributed by atoms with Gasteiger partial charge in [0.15, 0.2) is 5.82 Å². The number of hydrogen-bond acceptors (Lipinski definition) is 5. The van der Waals surface area contributed by atoms with Gasteiger partial charge in [-0.2, -0.15) is 0 Å². The van der Waals surface area contributed by atoms with Crippen molar-refractivity contribution < 1.29 is 9.53 Å². The topological polar surface area (TPSA) is 67.4 Å². The molecule has 1 saturated heterocycles. The van der Waals surface area contributed by atoms with E-state index < -0.39 is 0 Å². The van der Waals surface area contributed by atoms with Gasteiger partial charge >= 0.3 is 0 Å². The van der Waals surface area contributed by atoms with Gasteiger partial charge in [-0.15, -0.1) is 0 Å². The van der Waals surface area contributed by atoms with E-state index in [0.717, 1.165) is 11.3 Å². The fourth-order valence-corrected chi connectivity index (χ4v) is 3.07. The van der Waals surface area contributed by atoms with Crippen LogP contribution in [0.4, 0.5) is 11.5 Å². The molecule has 1 N–H and O–H groups in total. The van der Waals surface area contributed by atoms with E-state index in [1.165, 1.54) is 0 Å². The van der Waals surface area contributed by atoms with Crippen molar-refractivity contribution in [1.29, 1.82) is 0 Å². The van der Waals surface area contributed by atoms with Gasteiger partial charge in [-0.05, 0) is 24.3 Å². The first-order valence-electron chi connectivity index (χ1n) is 9.03. The molecule has 1 aliphatic heterocycles. The first-order valence-corrected chi connectivity index (χ1v) is 9.41. The maximum absolute atomic E-state index is 13.0. The summed E-state index contributed by atoms with van der Waals surface area (Å²) < 4.78 is 5.34. The number of rotatable bonds is 4. The molecule has 0 aliphatic carbocycles. The van der Waals surface area contributed by atoms with Gasteiger partial charge in [0.1, 0.15) is 11.5 Å². The smallest absolute Gasteiger partial charge is 0.272 e. The highest BCUT2D eigenvalue weighted by Crippen LogP contribution is 2.22. The van der Waals surface area contributed by atoms with Crippen molar-refractivity contribution in [3.8, 4) is 11.4 Å². The molecule has 28 heavy (non-hydrogen) atoms. The first-order chi connectivity index (χ1) is 13.7. The van der Waals surface area contributed by atoms with Crippen LogP contribution in [-0.4, -0.2) is 47.1 Å². The Hall–Kier alpha value is -2.96. The van der Waals surface area contributed by atoms with Crippen LogP contribution in [0.25, 0.3) is 11.4 Å². The number of nitrogens with one attached hydrogen (secondary N) is 1. The summed E-state index contributed by atoms with van der Waals surface area (Å²) in [5.41, 5.74) is 2.03. The van der Waals surface area contributed by atoms with Crippen molar-refractivity contribution in [2.45, 2.75) is 0 Å².